The number of esters is 1. The average Bonchev–Trinajstić information content (AvgIpc) is 3.56. The third-order valence-electron chi connectivity index (χ3n) is 7.11. The number of halogens is 2. The van der Waals surface area contributed by atoms with Gasteiger partial charge in [0.15, 0.2) is 23.1 Å². The zero-order valence-electron chi connectivity index (χ0n) is 24.0. The summed E-state index contributed by atoms with van der Waals surface area (Å²) in [5.41, 5.74) is 1.08. The van der Waals surface area contributed by atoms with E-state index in [2.05, 4.69) is 10.3 Å². The molecule has 4 aromatic rings. The summed E-state index contributed by atoms with van der Waals surface area (Å²) in [4.78, 5) is 31.3. The predicted molar refractivity (Wildman–Crippen MR) is 171 cm³/mol. The molecule has 1 aliphatic heterocycles. The molecule has 2 unspecified atom stereocenters. The minimum absolute atomic E-state index is 0.0990. The van der Waals surface area contributed by atoms with Gasteiger partial charge in [0.2, 0.25) is 0 Å². The van der Waals surface area contributed by atoms with E-state index < -0.39 is 23.5 Å². The Labute approximate surface area is 264 Å². The summed E-state index contributed by atoms with van der Waals surface area (Å²) in [7, 11) is 4.32. The summed E-state index contributed by atoms with van der Waals surface area (Å²) in [5.74, 6) is 0.0941. The van der Waals surface area contributed by atoms with Crippen LogP contribution in [0, 0.1) is 0 Å². The summed E-state index contributed by atoms with van der Waals surface area (Å²) in [5, 5.41) is 3.78. The highest BCUT2D eigenvalue weighted by Crippen LogP contribution is 2.39. The highest BCUT2D eigenvalue weighted by Gasteiger charge is 2.39. The molecule has 0 aromatic heterocycles. The molecule has 2 atom stereocenters. The monoisotopic (exact) mass is 630 g/mol. The van der Waals surface area contributed by atoms with E-state index in [1.807, 2.05) is 30.3 Å². The van der Waals surface area contributed by atoms with E-state index in [-0.39, 0.29) is 11.3 Å². The maximum atomic E-state index is 13.8. The standard InChI is InChI=1S/C34H28Cl2N2O6/c1-41-29-14-10-22(18-30(29)42-2)34(16-7-17-37-34)33(40)38-24-12-15-28(26(20-24)32(39)43-3)44-31(21-8-5-4-6-9-21)25-13-11-23(35)19-27(25)36/h4-20,31H,1-3H3,(H,38,40). The van der Waals surface area contributed by atoms with Crippen molar-refractivity contribution in [3.63, 3.8) is 0 Å². The number of allylic oxidation sites excluding steroid dienone is 1. The minimum Gasteiger partial charge on any atom is -0.493 e. The molecule has 0 saturated carbocycles. The minimum atomic E-state index is -1.37. The lowest BCUT2D eigenvalue weighted by Gasteiger charge is -2.25. The fraction of sp³-hybridized carbons (Fsp3) is 0.147. The second kappa shape index (κ2) is 13.2. The number of aliphatic imine (C=N–C) groups is 1. The molecule has 44 heavy (non-hydrogen) atoms. The zero-order chi connectivity index (χ0) is 31.3. The van der Waals surface area contributed by atoms with Crippen molar-refractivity contribution >= 4 is 47.0 Å². The van der Waals surface area contributed by atoms with E-state index in [1.165, 1.54) is 27.4 Å². The Hall–Kier alpha value is -4.79. The summed E-state index contributed by atoms with van der Waals surface area (Å²) < 4.78 is 22.3. The molecule has 5 rings (SSSR count). The van der Waals surface area contributed by atoms with Crippen LogP contribution in [0.1, 0.15) is 33.2 Å². The van der Waals surface area contributed by atoms with Gasteiger partial charge in [0.1, 0.15) is 11.3 Å². The molecule has 1 N–H and O–H groups in total. The molecule has 1 amide bonds. The molecule has 0 fully saturated rings. The summed E-state index contributed by atoms with van der Waals surface area (Å²) in [6.07, 6.45) is 4.25. The van der Waals surface area contributed by atoms with Crippen LogP contribution in [0.15, 0.2) is 102 Å². The van der Waals surface area contributed by atoms with E-state index >= 15 is 0 Å². The van der Waals surface area contributed by atoms with Crippen LogP contribution in [0.5, 0.6) is 17.2 Å². The number of benzene rings is 4. The molecule has 0 aliphatic carbocycles. The van der Waals surface area contributed by atoms with Gasteiger partial charge in [-0.3, -0.25) is 9.79 Å². The second-order valence-corrected chi connectivity index (χ2v) is 10.5. The van der Waals surface area contributed by atoms with Crippen LogP contribution in [0.3, 0.4) is 0 Å². The number of ether oxygens (including phenoxy) is 4. The summed E-state index contributed by atoms with van der Waals surface area (Å²) >= 11 is 12.7. The van der Waals surface area contributed by atoms with Crippen molar-refractivity contribution in [1.29, 1.82) is 0 Å². The molecule has 1 heterocycles. The smallest absolute Gasteiger partial charge is 0.341 e. The number of methoxy groups -OCH3 is 3. The molecule has 0 bridgehead atoms. The number of amides is 1. The van der Waals surface area contributed by atoms with Crippen molar-refractivity contribution in [1.82, 2.24) is 0 Å². The first-order valence-electron chi connectivity index (χ1n) is 13.5. The van der Waals surface area contributed by atoms with E-state index in [0.717, 1.165) is 5.56 Å². The molecule has 1 aliphatic rings. The molecular formula is C34H28Cl2N2O6. The molecule has 0 radical (unpaired) electrons. The van der Waals surface area contributed by atoms with E-state index in [1.54, 1.807) is 66.9 Å². The topological polar surface area (TPSA) is 95.5 Å². The Kier molecular flexibility index (Phi) is 9.23. The third kappa shape index (κ3) is 6.13. The van der Waals surface area contributed by atoms with Crippen LogP contribution < -0.4 is 19.5 Å². The molecule has 8 nitrogen and oxygen atoms in total. The maximum Gasteiger partial charge on any atom is 0.341 e. The largest absolute Gasteiger partial charge is 0.493 e. The van der Waals surface area contributed by atoms with E-state index in [4.69, 9.17) is 42.1 Å². The van der Waals surface area contributed by atoms with Crippen molar-refractivity contribution in [2.45, 2.75) is 11.6 Å². The Morgan fingerprint density at radius 3 is 2.25 bits per heavy atom. The SMILES string of the molecule is COC(=O)c1cc(NC(=O)C2(c3ccc(OC)c(OC)c3)C=CC=N2)ccc1OC(c1ccccc1)c1ccc(Cl)cc1Cl. The van der Waals surface area contributed by atoms with Crippen molar-refractivity contribution in [2.24, 2.45) is 4.99 Å². The molecule has 0 saturated heterocycles. The second-order valence-electron chi connectivity index (χ2n) is 9.70. The van der Waals surface area contributed by atoms with Gasteiger partial charge in [0, 0.05) is 27.5 Å². The quantitative estimate of drug-likeness (QED) is 0.183. The number of rotatable bonds is 10. The number of hydrogen-bond acceptors (Lipinski definition) is 7. The van der Waals surface area contributed by atoms with Gasteiger partial charge in [-0.25, -0.2) is 4.79 Å². The number of anilines is 1. The van der Waals surface area contributed by atoms with Crippen LogP contribution >= 0.6 is 23.2 Å². The highest BCUT2D eigenvalue weighted by atomic mass is 35.5. The van der Waals surface area contributed by atoms with Gasteiger partial charge in [-0.15, -0.1) is 0 Å². The number of hydrogen-bond donors (Lipinski definition) is 1. The number of carbonyl (C=O) groups is 2. The van der Waals surface area contributed by atoms with Crippen LogP contribution in [0.25, 0.3) is 0 Å². The van der Waals surface area contributed by atoms with Crippen LogP contribution in [-0.2, 0) is 15.1 Å². The van der Waals surface area contributed by atoms with Gasteiger partial charge in [-0.1, -0.05) is 65.7 Å². The Morgan fingerprint density at radius 2 is 1.59 bits per heavy atom. The molecular weight excluding hydrogens is 603 g/mol. The van der Waals surface area contributed by atoms with Crippen molar-refractivity contribution < 1.29 is 28.5 Å². The van der Waals surface area contributed by atoms with Gasteiger partial charge in [-0.05, 0) is 65.7 Å². The van der Waals surface area contributed by atoms with Gasteiger partial charge in [0.25, 0.3) is 5.91 Å². The number of nitrogens with zero attached hydrogens (tertiary/aromatic N) is 1. The lowest BCUT2D eigenvalue weighted by molar-refractivity contribution is -0.119. The Balaban J connectivity index is 1.50. The molecule has 10 heteroatoms. The first kappa shape index (κ1) is 30.7. The summed E-state index contributed by atoms with van der Waals surface area (Å²) in [6.45, 7) is 0. The molecule has 4 aromatic carbocycles. The van der Waals surface area contributed by atoms with E-state index in [0.29, 0.717) is 38.4 Å². The van der Waals surface area contributed by atoms with Crippen molar-refractivity contribution in [2.75, 3.05) is 26.6 Å². The fourth-order valence-electron chi connectivity index (χ4n) is 4.88. The van der Waals surface area contributed by atoms with Crippen molar-refractivity contribution in [3.8, 4) is 17.2 Å². The lowest BCUT2D eigenvalue weighted by atomic mass is 9.89. The van der Waals surface area contributed by atoms with Crippen LogP contribution in [0.4, 0.5) is 5.69 Å². The highest BCUT2D eigenvalue weighted by molar-refractivity contribution is 6.35. The van der Waals surface area contributed by atoms with Gasteiger partial charge in [0.05, 0.1) is 21.3 Å². The summed E-state index contributed by atoms with van der Waals surface area (Å²) in [6, 6.07) is 24.4. The van der Waals surface area contributed by atoms with Gasteiger partial charge >= 0.3 is 5.97 Å². The Morgan fingerprint density at radius 1 is 0.841 bits per heavy atom. The van der Waals surface area contributed by atoms with Gasteiger partial charge < -0.3 is 24.3 Å². The first-order chi connectivity index (χ1) is 21.3. The van der Waals surface area contributed by atoms with Crippen LogP contribution in [-0.4, -0.2) is 39.4 Å². The normalized spacial score (nSPS) is 15.8. The van der Waals surface area contributed by atoms with Crippen LogP contribution in [0.2, 0.25) is 10.0 Å². The first-order valence-corrected chi connectivity index (χ1v) is 14.2. The number of carbonyl (C=O) groups excluding carboxylic acids is 2. The van der Waals surface area contributed by atoms with Gasteiger partial charge in [-0.2, -0.15) is 0 Å². The number of nitrogens with one attached hydrogen (secondary N) is 1. The predicted octanol–water partition coefficient (Wildman–Crippen LogP) is 7.44. The average molecular weight is 632 g/mol. The maximum absolute atomic E-state index is 13.8. The molecule has 0 spiro atoms. The lowest BCUT2D eigenvalue weighted by Crippen LogP contribution is -2.36. The fourth-order valence-corrected chi connectivity index (χ4v) is 5.39. The van der Waals surface area contributed by atoms with Crippen molar-refractivity contribution in [3.05, 3.63) is 129 Å². The third-order valence-corrected chi connectivity index (χ3v) is 7.67. The molecule has 224 valence electrons. The van der Waals surface area contributed by atoms with E-state index in [9.17, 15) is 9.59 Å². The zero-order valence-corrected chi connectivity index (χ0v) is 25.6. The Bertz CT molecular complexity index is 1740.